The minimum atomic E-state index is -1.59. The van der Waals surface area contributed by atoms with E-state index in [-0.39, 0.29) is 11.1 Å². The summed E-state index contributed by atoms with van der Waals surface area (Å²) in [6.45, 7) is 20.8. The Morgan fingerprint density at radius 2 is 1.43 bits per heavy atom. The molecular formula is C15H35NO2Si3. The van der Waals surface area contributed by atoms with Crippen LogP contribution in [0.2, 0.25) is 39.3 Å². The summed E-state index contributed by atoms with van der Waals surface area (Å²) in [5.74, 6) is -0.00566. The fourth-order valence-corrected chi connectivity index (χ4v) is 7.79. The number of rotatable bonds is 8. The maximum absolute atomic E-state index is 6.41. The van der Waals surface area contributed by atoms with E-state index >= 15 is 0 Å². The van der Waals surface area contributed by atoms with Crippen LogP contribution in [-0.2, 0) is 8.85 Å². The summed E-state index contributed by atoms with van der Waals surface area (Å²) in [4.78, 5) is 2.67. The lowest BCUT2D eigenvalue weighted by molar-refractivity contribution is 0.0516. The van der Waals surface area contributed by atoms with Gasteiger partial charge in [0.1, 0.15) is 15.4 Å². The smallest absolute Gasteiger partial charge is 0.186 e. The zero-order valence-electron chi connectivity index (χ0n) is 15.4. The summed E-state index contributed by atoms with van der Waals surface area (Å²) in [5, 5.41) is 0.237. The van der Waals surface area contributed by atoms with E-state index in [1.807, 2.05) is 0 Å². The molecule has 1 unspecified atom stereocenters. The first kappa shape index (κ1) is 19.6. The minimum absolute atomic E-state index is 0.00566. The van der Waals surface area contributed by atoms with Gasteiger partial charge in [-0.15, -0.1) is 0 Å². The Hall–Kier alpha value is 0.531. The normalized spacial score (nSPS) is 21.0. The molecule has 0 aromatic rings. The topological polar surface area (TPSA) is 21.7 Å². The first-order valence-electron chi connectivity index (χ1n) is 8.34. The molecule has 21 heavy (non-hydrogen) atoms. The maximum atomic E-state index is 6.41. The van der Waals surface area contributed by atoms with Gasteiger partial charge in [0.15, 0.2) is 16.6 Å². The lowest BCUT2D eigenvalue weighted by atomic mass is 10.2. The molecule has 0 N–H and O–H groups in total. The molecule has 1 aliphatic rings. The van der Waals surface area contributed by atoms with Crippen molar-refractivity contribution in [1.29, 1.82) is 0 Å². The van der Waals surface area contributed by atoms with Crippen LogP contribution in [0, 0.1) is 0 Å². The van der Waals surface area contributed by atoms with Crippen LogP contribution in [0.15, 0.2) is 0 Å². The monoisotopic (exact) mass is 345 g/mol. The lowest BCUT2D eigenvalue weighted by Crippen LogP contribution is -2.56. The molecule has 1 saturated heterocycles. The highest BCUT2D eigenvalue weighted by atomic mass is 28.4. The number of hydrogen-bond donors (Lipinski definition) is 0. The summed E-state index contributed by atoms with van der Waals surface area (Å²) < 4.78 is 12.8. The molecule has 1 rings (SSSR count). The zero-order chi connectivity index (χ0) is 16.3. The second-order valence-electron chi connectivity index (χ2n) is 8.26. The standard InChI is InChI=1S/C15H35NO2Si3/c1-9-15(2,16-12-10-11-13-16)19-14(17-20(3,4)5)18-21(6,7)8/h14H,9-13H2,1-8H3. The summed E-state index contributed by atoms with van der Waals surface area (Å²) in [6, 6.07) is 0. The summed E-state index contributed by atoms with van der Waals surface area (Å²) in [5.41, 5.74) is 0. The molecule has 0 aromatic heterocycles. The van der Waals surface area contributed by atoms with Gasteiger partial charge < -0.3 is 13.8 Å². The molecule has 1 aliphatic heterocycles. The van der Waals surface area contributed by atoms with Crippen LogP contribution in [0.5, 0.6) is 0 Å². The van der Waals surface area contributed by atoms with Crippen LogP contribution in [0.4, 0.5) is 0 Å². The fraction of sp³-hybridized carbons (Fsp3) is 1.00. The predicted molar refractivity (Wildman–Crippen MR) is 97.9 cm³/mol. The van der Waals surface area contributed by atoms with Crippen molar-refractivity contribution in [3.63, 3.8) is 0 Å². The van der Waals surface area contributed by atoms with Gasteiger partial charge in [0.05, 0.1) is 0 Å². The van der Waals surface area contributed by atoms with Crippen LogP contribution >= 0.6 is 0 Å². The Balaban J connectivity index is 2.81. The molecule has 0 saturated carbocycles. The van der Waals surface area contributed by atoms with Gasteiger partial charge in [0.2, 0.25) is 0 Å². The Morgan fingerprint density at radius 1 is 1.00 bits per heavy atom. The highest BCUT2D eigenvalue weighted by Crippen LogP contribution is 2.26. The van der Waals surface area contributed by atoms with Gasteiger partial charge in [-0.2, -0.15) is 0 Å². The van der Waals surface area contributed by atoms with Crippen molar-refractivity contribution in [1.82, 2.24) is 4.90 Å². The van der Waals surface area contributed by atoms with Gasteiger partial charge in [-0.05, 0) is 78.6 Å². The van der Waals surface area contributed by atoms with E-state index in [0.29, 0.717) is 9.52 Å². The van der Waals surface area contributed by atoms with Crippen LogP contribution in [0.3, 0.4) is 0 Å². The second kappa shape index (κ2) is 7.40. The Labute approximate surface area is 136 Å². The van der Waals surface area contributed by atoms with Crippen molar-refractivity contribution >= 4 is 26.2 Å². The highest BCUT2D eigenvalue weighted by molar-refractivity contribution is 6.71. The Morgan fingerprint density at radius 3 is 1.76 bits per heavy atom. The molecule has 0 aliphatic carbocycles. The van der Waals surface area contributed by atoms with E-state index in [1.54, 1.807) is 0 Å². The first-order chi connectivity index (χ1) is 9.45. The van der Waals surface area contributed by atoms with E-state index < -0.39 is 16.6 Å². The van der Waals surface area contributed by atoms with Gasteiger partial charge in [-0.3, -0.25) is 0 Å². The number of likely N-dealkylation sites (tertiary alicyclic amines) is 1. The molecule has 1 heterocycles. The molecule has 6 heteroatoms. The molecule has 3 nitrogen and oxygen atoms in total. The van der Waals surface area contributed by atoms with Gasteiger partial charge in [0, 0.05) is 5.16 Å². The average molecular weight is 346 g/mol. The van der Waals surface area contributed by atoms with E-state index in [4.69, 9.17) is 8.85 Å². The molecule has 1 fully saturated rings. The number of nitrogens with zero attached hydrogens (tertiary/aromatic N) is 1. The third-order valence-electron chi connectivity index (χ3n) is 3.84. The van der Waals surface area contributed by atoms with E-state index in [2.05, 4.69) is 58.0 Å². The largest absolute Gasteiger partial charge is 0.397 e. The van der Waals surface area contributed by atoms with Crippen LogP contribution in [0.1, 0.15) is 33.1 Å². The van der Waals surface area contributed by atoms with Crippen molar-refractivity contribution in [3.05, 3.63) is 0 Å². The zero-order valence-corrected chi connectivity index (χ0v) is 18.4. The Bertz CT molecular complexity index is 306. The van der Waals surface area contributed by atoms with Crippen molar-refractivity contribution in [2.75, 3.05) is 13.1 Å². The minimum Gasteiger partial charge on any atom is -0.397 e. The van der Waals surface area contributed by atoms with Crippen molar-refractivity contribution in [3.8, 4) is 0 Å². The molecule has 2 radical (unpaired) electrons. The van der Waals surface area contributed by atoms with E-state index in [1.165, 1.54) is 32.4 Å². The molecule has 0 amide bonds. The fourth-order valence-electron chi connectivity index (χ4n) is 2.61. The SMILES string of the molecule is CCC(C)([Si]C(O[Si](C)(C)C)O[Si](C)(C)C)N1CCCC1. The van der Waals surface area contributed by atoms with Gasteiger partial charge in [-0.1, -0.05) is 6.92 Å². The lowest BCUT2D eigenvalue weighted by Gasteiger charge is -2.42. The molecule has 1 atom stereocenters. The van der Waals surface area contributed by atoms with Crippen LogP contribution in [0.25, 0.3) is 0 Å². The van der Waals surface area contributed by atoms with Gasteiger partial charge >= 0.3 is 0 Å². The van der Waals surface area contributed by atoms with Gasteiger partial charge in [0.25, 0.3) is 0 Å². The summed E-state index contributed by atoms with van der Waals surface area (Å²) >= 11 is 0. The first-order valence-corrected chi connectivity index (χ1v) is 16.2. The molecule has 0 bridgehead atoms. The predicted octanol–water partition coefficient (Wildman–Crippen LogP) is 3.90. The molecule has 0 aromatic carbocycles. The molecule has 0 spiro atoms. The summed E-state index contributed by atoms with van der Waals surface area (Å²) in [6.07, 6.45) is 3.86. The van der Waals surface area contributed by atoms with Crippen LogP contribution < -0.4 is 0 Å². The van der Waals surface area contributed by atoms with E-state index in [9.17, 15) is 0 Å². The third kappa shape index (κ3) is 7.09. The highest BCUT2D eigenvalue weighted by Gasteiger charge is 2.38. The van der Waals surface area contributed by atoms with Crippen molar-refractivity contribution in [2.24, 2.45) is 0 Å². The Kier molecular flexibility index (Phi) is 6.90. The quantitative estimate of drug-likeness (QED) is 0.492. The third-order valence-corrected chi connectivity index (χ3v) is 7.92. The summed E-state index contributed by atoms with van der Waals surface area (Å²) in [7, 11) is -2.47. The number of hydrogen-bond acceptors (Lipinski definition) is 3. The molecular weight excluding hydrogens is 310 g/mol. The van der Waals surface area contributed by atoms with Crippen LogP contribution in [-0.4, -0.2) is 55.2 Å². The van der Waals surface area contributed by atoms with Crippen molar-refractivity contribution in [2.45, 2.75) is 83.5 Å². The van der Waals surface area contributed by atoms with Crippen molar-refractivity contribution < 1.29 is 8.85 Å². The maximum Gasteiger partial charge on any atom is 0.186 e. The molecule has 124 valence electrons. The average Bonchev–Trinajstić information content (AvgIpc) is 2.77. The van der Waals surface area contributed by atoms with E-state index in [0.717, 1.165) is 0 Å². The second-order valence-corrected chi connectivity index (χ2v) is 19.0. The van der Waals surface area contributed by atoms with Gasteiger partial charge in [-0.25, -0.2) is 0 Å².